The van der Waals surface area contributed by atoms with Gasteiger partial charge in [-0.15, -0.1) is 0 Å². The zero-order chi connectivity index (χ0) is 27.3. The molecule has 1 amide bonds. The third-order valence-corrected chi connectivity index (χ3v) is 6.92. The normalized spacial score (nSPS) is 15.1. The van der Waals surface area contributed by atoms with Crippen LogP contribution in [0.5, 0.6) is 0 Å². The number of halogens is 3. The second-order valence-corrected chi connectivity index (χ2v) is 9.75. The van der Waals surface area contributed by atoms with Crippen molar-refractivity contribution in [3.63, 3.8) is 0 Å². The van der Waals surface area contributed by atoms with E-state index in [1.54, 1.807) is 37.6 Å². The molecule has 1 atom stereocenters. The SMILES string of the molecule is Cc1cn(-c2cc(NC(=O)c3ccc4c(c3)N(Cc3cnc5cnccn35)CC4C)cc(C(F)(F)F)c2)cn1. The first-order chi connectivity index (χ1) is 18.7. The zero-order valence-electron chi connectivity index (χ0n) is 21.1. The van der Waals surface area contributed by atoms with Crippen LogP contribution in [-0.2, 0) is 12.7 Å². The number of alkyl halides is 3. The molecule has 39 heavy (non-hydrogen) atoms. The Kier molecular flexibility index (Phi) is 5.86. The van der Waals surface area contributed by atoms with Crippen LogP contribution in [0.3, 0.4) is 0 Å². The van der Waals surface area contributed by atoms with Crippen LogP contribution in [0.4, 0.5) is 24.5 Å². The van der Waals surface area contributed by atoms with Gasteiger partial charge in [-0.3, -0.25) is 14.2 Å². The van der Waals surface area contributed by atoms with Gasteiger partial charge in [0.25, 0.3) is 5.91 Å². The first-order valence-electron chi connectivity index (χ1n) is 12.3. The van der Waals surface area contributed by atoms with Crippen molar-refractivity contribution in [1.29, 1.82) is 0 Å². The van der Waals surface area contributed by atoms with E-state index in [0.717, 1.165) is 41.3 Å². The van der Waals surface area contributed by atoms with Crippen molar-refractivity contribution < 1.29 is 18.0 Å². The molecule has 2 aromatic carbocycles. The topological polar surface area (TPSA) is 80.4 Å². The summed E-state index contributed by atoms with van der Waals surface area (Å²) < 4.78 is 44.4. The number of benzene rings is 2. The predicted octanol–water partition coefficient (Wildman–Crippen LogP) is 5.62. The smallest absolute Gasteiger partial charge is 0.365 e. The Morgan fingerprint density at radius 1 is 1.13 bits per heavy atom. The molecule has 3 aromatic heterocycles. The minimum Gasteiger partial charge on any atom is -0.365 e. The lowest BCUT2D eigenvalue weighted by Gasteiger charge is -2.20. The Balaban J connectivity index is 1.29. The van der Waals surface area contributed by atoms with Gasteiger partial charge in [-0.1, -0.05) is 13.0 Å². The van der Waals surface area contributed by atoms with Gasteiger partial charge in [0.2, 0.25) is 0 Å². The molecule has 0 bridgehead atoms. The highest BCUT2D eigenvalue weighted by atomic mass is 19.4. The van der Waals surface area contributed by atoms with Crippen LogP contribution in [0.15, 0.2) is 73.7 Å². The van der Waals surface area contributed by atoms with Crippen LogP contribution in [0.25, 0.3) is 11.3 Å². The van der Waals surface area contributed by atoms with Gasteiger partial charge in [0, 0.05) is 53.7 Å². The van der Waals surface area contributed by atoms with Crippen LogP contribution in [-0.4, -0.2) is 36.4 Å². The van der Waals surface area contributed by atoms with Gasteiger partial charge in [0.1, 0.15) is 0 Å². The van der Waals surface area contributed by atoms with Crippen molar-refractivity contribution in [2.75, 3.05) is 16.8 Å². The monoisotopic (exact) mass is 531 g/mol. The molecular formula is C28H24F3N7O. The Bertz CT molecular complexity index is 1710. The molecule has 198 valence electrons. The molecule has 1 aliphatic rings. The highest BCUT2D eigenvalue weighted by Crippen LogP contribution is 2.38. The van der Waals surface area contributed by atoms with E-state index in [9.17, 15) is 18.0 Å². The fourth-order valence-corrected chi connectivity index (χ4v) is 5.02. The summed E-state index contributed by atoms with van der Waals surface area (Å²) in [6.07, 6.45) is 5.54. The van der Waals surface area contributed by atoms with E-state index >= 15 is 0 Å². The summed E-state index contributed by atoms with van der Waals surface area (Å²) in [5.41, 5.74) is 4.20. The van der Waals surface area contributed by atoms with Crippen molar-refractivity contribution >= 4 is 22.9 Å². The number of fused-ring (bicyclic) bond motifs is 2. The fourth-order valence-electron chi connectivity index (χ4n) is 5.02. The number of aryl methyl sites for hydroxylation is 1. The van der Waals surface area contributed by atoms with E-state index < -0.39 is 17.6 Å². The average Bonchev–Trinajstić information content (AvgIpc) is 3.61. The standard InChI is InChI=1S/C28H24F3N7O/c1-17-13-36(15-23-11-33-26-12-32-5-6-38(23)26)25-7-19(3-4-24(17)25)27(39)35-21-8-20(28(29,30)31)9-22(10-21)37-14-18(2)34-16-37/h3-12,14,16-17H,13,15H2,1-2H3,(H,35,39). The molecule has 0 saturated heterocycles. The molecule has 6 rings (SSSR count). The minimum atomic E-state index is -4.58. The third kappa shape index (κ3) is 4.71. The number of rotatable bonds is 5. The largest absolute Gasteiger partial charge is 0.416 e. The van der Waals surface area contributed by atoms with Crippen molar-refractivity contribution in [2.24, 2.45) is 0 Å². The average molecular weight is 532 g/mol. The van der Waals surface area contributed by atoms with Gasteiger partial charge < -0.3 is 14.8 Å². The molecule has 11 heteroatoms. The lowest BCUT2D eigenvalue weighted by molar-refractivity contribution is -0.137. The molecule has 0 saturated carbocycles. The first kappa shape index (κ1) is 24.7. The summed E-state index contributed by atoms with van der Waals surface area (Å²) in [6, 6.07) is 8.89. The minimum absolute atomic E-state index is 0.0428. The van der Waals surface area contributed by atoms with Crippen LogP contribution < -0.4 is 10.2 Å². The number of amides is 1. The van der Waals surface area contributed by atoms with Crippen LogP contribution in [0.1, 0.15) is 45.7 Å². The third-order valence-electron chi connectivity index (χ3n) is 6.92. The maximum absolute atomic E-state index is 13.7. The Morgan fingerprint density at radius 2 is 1.97 bits per heavy atom. The Morgan fingerprint density at radius 3 is 2.74 bits per heavy atom. The number of nitrogens with one attached hydrogen (secondary N) is 1. The van der Waals surface area contributed by atoms with E-state index in [2.05, 4.69) is 32.1 Å². The van der Waals surface area contributed by atoms with E-state index in [1.807, 2.05) is 22.9 Å². The number of hydrogen-bond acceptors (Lipinski definition) is 5. The van der Waals surface area contributed by atoms with Crippen molar-refractivity contribution in [3.05, 3.63) is 102 Å². The molecular weight excluding hydrogens is 507 g/mol. The molecule has 4 heterocycles. The van der Waals surface area contributed by atoms with E-state index in [1.165, 1.54) is 17.0 Å². The molecule has 1 unspecified atom stereocenters. The van der Waals surface area contributed by atoms with Gasteiger partial charge in [-0.25, -0.2) is 9.97 Å². The Labute approximate surface area is 221 Å². The fraction of sp³-hybridized carbons (Fsp3) is 0.214. The summed E-state index contributed by atoms with van der Waals surface area (Å²) in [6.45, 7) is 5.21. The van der Waals surface area contributed by atoms with Crippen LogP contribution in [0.2, 0.25) is 0 Å². The number of imidazole rings is 2. The molecule has 0 spiro atoms. The molecule has 5 aromatic rings. The number of nitrogens with zero attached hydrogens (tertiary/aromatic N) is 6. The van der Waals surface area contributed by atoms with Gasteiger partial charge >= 0.3 is 6.18 Å². The van der Waals surface area contributed by atoms with Gasteiger partial charge in [-0.05, 0) is 42.8 Å². The van der Waals surface area contributed by atoms with Gasteiger partial charge in [-0.2, -0.15) is 13.2 Å². The summed E-state index contributed by atoms with van der Waals surface area (Å²) in [5, 5.41) is 2.66. The summed E-state index contributed by atoms with van der Waals surface area (Å²) in [7, 11) is 0. The number of anilines is 2. The van der Waals surface area contributed by atoms with Crippen molar-refractivity contribution in [2.45, 2.75) is 32.5 Å². The maximum atomic E-state index is 13.7. The Hall–Kier alpha value is -4.67. The van der Waals surface area contributed by atoms with E-state index in [4.69, 9.17) is 0 Å². The predicted molar refractivity (Wildman–Crippen MR) is 140 cm³/mol. The summed E-state index contributed by atoms with van der Waals surface area (Å²) >= 11 is 0. The van der Waals surface area contributed by atoms with Crippen LogP contribution >= 0.6 is 0 Å². The van der Waals surface area contributed by atoms with Gasteiger partial charge in [0.05, 0.1) is 42.2 Å². The molecule has 0 aliphatic carbocycles. The maximum Gasteiger partial charge on any atom is 0.416 e. The number of hydrogen-bond donors (Lipinski definition) is 1. The second-order valence-electron chi connectivity index (χ2n) is 9.75. The summed E-state index contributed by atoms with van der Waals surface area (Å²) in [4.78, 5) is 28.0. The molecule has 1 aliphatic heterocycles. The molecule has 0 radical (unpaired) electrons. The molecule has 0 fully saturated rings. The number of carbonyl (C=O) groups excluding carboxylic acids is 1. The quantitative estimate of drug-likeness (QED) is 0.319. The lowest BCUT2D eigenvalue weighted by Crippen LogP contribution is -2.22. The van der Waals surface area contributed by atoms with E-state index in [-0.39, 0.29) is 17.3 Å². The molecule has 1 N–H and O–H groups in total. The number of carbonyl (C=O) groups is 1. The molecule has 8 nitrogen and oxygen atoms in total. The second kappa shape index (κ2) is 9.26. The highest BCUT2D eigenvalue weighted by Gasteiger charge is 2.32. The number of aromatic nitrogens is 5. The van der Waals surface area contributed by atoms with Crippen LogP contribution in [0, 0.1) is 6.92 Å². The highest BCUT2D eigenvalue weighted by molar-refractivity contribution is 6.05. The first-order valence-corrected chi connectivity index (χ1v) is 12.3. The van der Waals surface area contributed by atoms with Crippen molar-refractivity contribution in [1.82, 2.24) is 23.9 Å². The van der Waals surface area contributed by atoms with Gasteiger partial charge in [0.15, 0.2) is 5.65 Å². The summed E-state index contributed by atoms with van der Waals surface area (Å²) in [5.74, 6) is -0.243. The van der Waals surface area contributed by atoms with Crippen molar-refractivity contribution in [3.8, 4) is 5.69 Å². The zero-order valence-corrected chi connectivity index (χ0v) is 21.1. The lowest BCUT2D eigenvalue weighted by atomic mass is 10.0. The van der Waals surface area contributed by atoms with E-state index in [0.29, 0.717) is 17.8 Å².